The van der Waals surface area contributed by atoms with Crippen molar-refractivity contribution in [2.75, 3.05) is 7.05 Å². The standard InChI is InChI=1S/C25H29FN6O2/c1-32-19-7-8-20(32)12-18(11-19)29-24(33)23-21-10-16(4-9-22(21)30-31-23)14-28-25(34)27-13-15-2-5-17(26)6-3-15/h2-6,9-10,18-20H,7-8,11-14H2,1H3,(H,29,33)(H,30,31)(H2,27,28,34). The third-order valence-electron chi connectivity index (χ3n) is 7.10. The fourth-order valence-corrected chi connectivity index (χ4v) is 5.16. The highest BCUT2D eigenvalue weighted by Crippen LogP contribution is 2.34. The van der Waals surface area contributed by atoms with Crippen LogP contribution in [0, 0.1) is 5.82 Å². The van der Waals surface area contributed by atoms with Gasteiger partial charge in [-0.15, -0.1) is 0 Å². The Bertz CT molecular complexity index is 1180. The predicted molar refractivity (Wildman–Crippen MR) is 127 cm³/mol. The maximum Gasteiger partial charge on any atom is 0.315 e. The van der Waals surface area contributed by atoms with E-state index < -0.39 is 0 Å². The lowest BCUT2D eigenvalue weighted by Gasteiger charge is -2.36. The van der Waals surface area contributed by atoms with Gasteiger partial charge in [0.15, 0.2) is 5.69 Å². The number of fused-ring (bicyclic) bond motifs is 3. The Kier molecular flexibility index (Phi) is 6.19. The fourth-order valence-electron chi connectivity index (χ4n) is 5.16. The minimum Gasteiger partial charge on any atom is -0.348 e. The second-order valence-corrected chi connectivity index (χ2v) is 9.31. The number of benzene rings is 2. The van der Waals surface area contributed by atoms with E-state index in [1.807, 2.05) is 18.2 Å². The lowest BCUT2D eigenvalue weighted by Crippen LogP contribution is -2.48. The molecule has 3 aromatic rings. The molecule has 2 aliphatic rings. The molecule has 2 unspecified atom stereocenters. The maximum atomic E-state index is 13.0. The Morgan fingerprint density at radius 2 is 1.68 bits per heavy atom. The number of aromatic amines is 1. The van der Waals surface area contributed by atoms with Gasteiger partial charge < -0.3 is 20.9 Å². The van der Waals surface area contributed by atoms with E-state index in [0.29, 0.717) is 30.9 Å². The molecule has 9 heteroatoms. The normalized spacial score (nSPS) is 22.0. The summed E-state index contributed by atoms with van der Waals surface area (Å²) in [5, 5.41) is 16.7. The van der Waals surface area contributed by atoms with Crippen LogP contribution in [0.3, 0.4) is 0 Å². The van der Waals surface area contributed by atoms with E-state index in [2.05, 4.69) is 38.1 Å². The summed E-state index contributed by atoms with van der Waals surface area (Å²) in [7, 11) is 2.18. The average Bonchev–Trinajstić information content (AvgIpc) is 3.33. The molecule has 5 rings (SSSR count). The van der Waals surface area contributed by atoms with Crippen molar-refractivity contribution < 1.29 is 14.0 Å². The Morgan fingerprint density at radius 1 is 1.03 bits per heavy atom. The van der Waals surface area contributed by atoms with Crippen molar-refractivity contribution >= 4 is 22.8 Å². The minimum atomic E-state index is -0.327. The van der Waals surface area contributed by atoms with Gasteiger partial charge >= 0.3 is 6.03 Å². The lowest BCUT2D eigenvalue weighted by atomic mass is 9.98. The molecule has 8 nitrogen and oxygen atoms in total. The zero-order valence-corrected chi connectivity index (χ0v) is 19.1. The van der Waals surface area contributed by atoms with Gasteiger partial charge in [0.05, 0.1) is 5.52 Å². The van der Waals surface area contributed by atoms with Crippen molar-refractivity contribution in [2.24, 2.45) is 0 Å². The first-order valence-corrected chi connectivity index (χ1v) is 11.7. The van der Waals surface area contributed by atoms with Crippen molar-refractivity contribution in [2.45, 2.75) is 56.9 Å². The van der Waals surface area contributed by atoms with Crippen LogP contribution in [-0.4, -0.2) is 52.2 Å². The highest BCUT2D eigenvalue weighted by atomic mass is 19.1. The summed E-state index contributed by atoms with van der Waals surface area (Å²) in [6.45, 7) is 0.603. The number of carbonyl (C=O) groups is 2. The van der Waals surface area contributed by atoms with E-state index in [1.165, 1.54) is 25.0 Å². The molecule has 2 aliphatic heterocycles. The largest absolute Gasteiger partial charge is 0.348 e. The quantitative estimate of drug-likeness (QED) is 0.450. The number of amides is 3. The Labute approximate surface area is 197 Å². The van der Waals surface area contributed by atoms with E-state index >= 15 is 0 Å². The summed E-state index contributed by atoms with van der Waals surface area (Å²) in [5.74, 6) is -0.475. The maximum absolute atomic E-state index is 13.0. The number of nitrogens with zero attached hydrogens (tertiary/aromatic N) is 2. The molecular formula is C25H29FN6O2. The lowest BCUT2D eigenvalue weighted by molar-refractivity contribution is 0.0879. The van der Waals surface area contributed by atoms with Gasteiger partial charge in [0.1, 0.15) is 5.82 Å². The van der Waals surface area contributed by atoms with Gasteiger partial charge in [-0.3, -0.25) is 9.89 Å². The van der Waals surface area contributed by atoms with E-state index in [4.69, 9.17) is 0 Å². The first kappa shape index (κ1) is 22.3. The number of nitrogens with one attached hydrogen (secondary N) is 4. The van der Waals surface area contributed by atoms with Crippen molar-refractivity contribution in [3.63, 3.8) is 0 Å². The van der Waals surface area contributed by atoms with Crippen molar-refractivity contribution in [3.8, 4) is 0 Å². The molecule has 2 saturated heterocycles. The molecule has 0 aliphatic carbocycles. The zero-order chi connectivity index (χ0) is 23.7. The van der Waals surface area contributed by atoms with Gasteiger partial charge in [-0.05, 0) is 68.1 Å². The van der Waals surface area contributed by atoms with Crippen LogP contribution >= 0.6 is 0 Å². The highest BCUT2D eigenvalue weighted by Gasteiger charge is 2.39. The molecule has 0 saturated carbocycles. The molecule has 3 heterocycles. The molecule has 0 spiro atoms. The fraction of sp³-hybridized carbons (Fsp3) is 0.400. The van der Waals surface area contributed by atoms with Crippen molar-refractivity contribution in [3.05, 3.63) is 65.1 Å². The number of hydrogen-bond donors (Lipinski definition) is 4. The smallest absolute Gasteiger partial charge is 0.315 e. The monoisotopic (exact) mass is 464 g/mol. The third kappa shape index (κ3) is 4.75. The molecule has 2 aromatic carbocycles. The molecule has 2 atom stereocenters. The number of piperidine rings is 1. The molecule has 34 heavy (non-hydrogen) atoms. The van der Waals surface area contributed by atoms with Gasteiger partial charge in [-0.1, -0.05) is 18.2 Å². The number of halogens is 1. The highest BCUT2D eigenvalue weighted by molar-refractivity contribution is 6.04. The van der Waals surface area contributed by atoms with Crippen LogP contribution < -0.4 is 16.0 Å². The summed E-state index contributed by atoms with van der Waals surface area (Å²) in [6, 6.07) is 12.6. The van der Waals surface area contributed by atoms with Gasteiger partial charge in [-0.25, -0.2) is 9.18 Å². The number of H-pyrrole nitrogens is 1. The number of urea groups is 1. The first-order chi connectivity index (χ1) is 16.5. The first-order valence-electron chi connectivity index (χ1n) is 11.7. The second kappa shape index (κ2) is 9.42. The average molecular weight is 465 g/mol. The van der Waals surface area contributed by atoms with Crippen molar-refractivity contribution in [1.29, 1.82) is 0 Å². The van der Waals surface area contributed by atoms with Crippen LogP contribution in [0.4, 0.5) is 9.18 Å². The van der Waals surface area contributed by atoms with Crippen LogP contribution in [0.5, 0.6) is 0 Å². The van der Waals surface area contributed by atoms with Gasteiger partial charge in [0.25, 0.3) is 5.91 Å². The summed E-state index contributed by atoms with van der Waals surface area (Å²) in [5.41, 5.74) is 2.82. The van der Waals surface area contributed by atoms with Gasteiger partial charge in [0, 0.05) is 36.6 Å². The predicted octanol–water partition coefficient (Wildman–Crippen LogP) is 3.06. The SMILES string of the molecule is CN1C2CCC1CC(NC(=O)c1n[nH]c3ccc(CNC(=O)NCc4ccc(F)cc4)cc13)C2. The Balaban J connectivity index is 1.18. The van der Waals surface area contributed by atoms with E-state index in [1.54, 1.807) is 12.1 Å². The van der Waals surface area contributed by atoms with Crippen LogP contribution in [-0.2, 0) is 13.1 Å². The molecule has 0 radical (unpaired) electrons. The second-order valence-electron chi connectivity index (χ2n) is 9.31. The minimum absolute atomic E-state index is 0.164. The summed E-state index contributed by atoms with van der Waals surface area (Å²) >= 11 is 0. The molecule has 1 aromatic heterocycles. The topological polar surface area (TPSA) is 102 Å². The van der Waals surface area contributed by atoms with Crippen LogP contribution in [0.25, 0.3) is 10.9 Å². The number of rotatable bonds is 6. The number of aromatic nitrogens is 2. The molecule has 3 amide bonds. The Morgan fingerprint density at radius 3 is 2.38 bits per heavy atom. The van der Waals surface area contributed by atoms with E-state index in [0.717, 1.165) is 34.9 Å². The number of carbonyl (C=O) groups excluding carboxylic acids is 2. The zero-order valence-electron chi connectivity index (χ0n) is 19.1. The molecule has 4 N–H and O–H groups in total. The van der Waals surface area contributed by atoms with Gasteiger partial charge in [-0.2, -0.15) is 5.10 Å². The summed E-state index contributed by atoms with van der Waals surface area (Å²) in [4.78, 5) is 27.6. The van der Waals surface area contributed by atoms with Crippen LogP contribution in [0.15, 0.2) is 42.5 Å². The van der Waals surface area contributed by atoms with Gasteiger partial charge in [0.2, 0.25) is 0 Å². The molecule has 2 fully saturated rings. The molecule has 178 valence electrons. The van der Waals surface area contributed by atoms with Crippen molar-refractivity contribution in [1.82, 2.24) is 31.0 Å². The van der Waals surface area contributed by atoms with Crippen LogP contribution in [0.2, 0.25) is 0 Å². The molecule has 2 bridgehead atoms. The van der Waals surface area contributed by atoms with E-state index in [9.17, 15) is 14.0 Å². The summed E-state index contributed by atoms with van der Waals surface area (Å²) < 4.78 is 13.0. The molecular weight excluding hydrogens is 435 g/mol. The Hall–Kier alpha value is -3.46. The van der Waals surface area contributed by atoms with E-state index in [-0.39, 0.29) is 23.8 Å². The third-order valence-corrected chi connectivity index (χ3v) is 7.10. The summed E-state index contributed by atoms with van der Waals surface area (Å²) in [6.07, 6.45) is 4.35. The van der Waals surface area contributed by atoms with Crippen LogP contribution in [0.1, 0.15) is 47.3 Å². The number of hydrogen-bond acceptors (Lipinski definition) is 4.